The normalized spacial score (nSPS) is 12.1. The van der Waals surface area contributed by atoms with E-state index in [0.29, 0.717) is 17.2 Å². The summed E-state index contributed by atoms with van der Waals surface area (Å²) in [6, 6.07) is 15.1. The SMILES string of the molecule is CCc1ccc(C(=O)C(C)OCc2cccc(Cl)c2)cc1. The van der Waals surface area contributed by atoms with Crippen molar-refractivity contribution >= 4 is 17.4 Å². The summed E-state index contributed by atoms with van der Waals surface area (Å²) < 4.78 is 5.65. The molecule has 0 aliphatic carbocycles. The molecule has 0 aromatic heterocycles. The smallest absolute Gasteiger partial charge is 0.191 e. The molecular weight excluding hydrogens is 284 g/mol. The van der Waals surface area contributed by atoms with Gasteiger partial charge in [-0.25, -0.2) is 0 Å². The van der Waals surface area contributed by atoms with Crippen molar-refractivity contribution in [1.82, 2.24) is 0 Å². The number of carbonyl (C=O) groups excluding carboxylic acids is 1. The molecule has 2 aromatic rings. The number of hydrogen-bond donors (Lipinski definition) is 0. The van der Waals surface area contributed by atoms with Gasteiger partial charge in [-0.15, -0.1) is 0 Å². The molecule has 1 atom stereocenters. The largest absolute Gasteiger partial charge is 0.366 e. The van der Waals surface area contributed by atoms with E-state index in [0.717, 1.165) is 12.0 Å². The highest BCUT2D eigenvalue weighted by Crippen LogP contribution is 2.14. The fourth-order valence-electron chi connectivity index (χ4n) is 2.06. The van der Waals surface area contributed by atoms with Crippen LogP contribution in [0.4, 0.5) is 0 Å². The van der Waals surface area contributed by atoms with Crippen molar-refractivity contribution in [2.75, 3.05) is 0 Å². The van der Waals surface area contributed by atoms with E-state index in [1.807, 2.05) is 48.5 Å². The first-order valence-corrected chi connectivity index (χ1v) is 7.47. The van der Waals surface area contributed by atoms with Gasteiger partial charge < -0.3 is 4.74 Å². The minimum Gasteiger partial charge on any atom is -0.366 e. The zero-order valence-electron chi connectivity index (χ0n) is 12.3. The van der Waals surface area contributed by atoms with Gasteiger partial charge in [-0.2, -0.15) is 0 Å². The molecule has 2 nitrogen and oxygen atoms in total. The first-order chi connectivity index (χ1) is 10.1. The van der Waals surface area contributed by atoms with Crippen LogP contribution in [0.5, 0.6) is 0 Å². The maximum absolute atomic E-state index is 12.3. The van der Waals surface area contributed by atoms with Crippen LogP contribution in [0.2, 0.25) is 5.02 Å². The number of carbonyl (C=O) groups is 1. The van der Waals surface area contributed by atoms with E-state index in [-0.39, 0.29) is 5.78 Å². The number of benzene rings is 2. The second kappa shape index (κ2) is 7.39. The first-order valence-electron chi connectivity index (χ1n) is 7.09. The summed E-state index contributed by atoms with van der Waals surface area (Å²) in [7, 11) is 0. The number of halogens is 1. The molecule has 0 heterocycles. The molecule has 21 heavy (non-hydrogen) atoms. The summed E-state index contributed by atoms with van der Waals surface area (Å²) >= 11 is 5.92. The molecule has 2 rings (SSSR count). The molecule has 0 N–H and O–H groups in total. The highest BCUT2D eigenvalue weighted by atomic mass is 35.5. The van der Waals surface area contributed by atoms with Crippen LogP contribution in [0.1, 0.15) is 35.3 Å². The van der Waals surface area contributed by atoms with Crippen LogP contribution >= 0.6 is 11.6 Å². The van der Waals surface area contributed by atoms with Crippen LogP contribution < -0.4 is 0 Å². The van der Waals surface area contributed by atoms with Gasteiger partial charge in [-0.1, -0.05) is 54.9 Å². The highest BCUT2D eigenvalue weighted by molar-refractivity contribution is 6.30. The molecule has 0 saturated heterocycles. The highest BCUT2D eigenvalue weighted by Gasteiger charge is 2.15. The first kappa shape index (κ1) is 15.7. The Labute approximate surface area is 130 Å². The number of hydrogen-bond acceptors (Lipinski definition) is 2. The van der Waals surface area contributed by atoms with Crippen molar-refractivity contribution in [3.05, 3.63) is 70.2 Å². The summed E-state index contributed by atoms with van der Waals surface area (Å²) in [5, 5.41) is 0.672. The Kier molecular flexibility index (Phi) is 5.54. The summed E-state index contributed by atoms with van der Waals surface area (Å²) in [6.45, 7) is 4.24. The zero-order chi connectivity index (χ0) is 15.2. The van der Waals surface area contributed by atoms with Crippen LogP contribution in [0, 0.1) is 0 Å². The standard InChI is InChI=1S/C18H19ClO2/c1-3-14-7-9-16(10-8-14)18(20)13(2)21-12-15-5-4-6-17(19)11-15/h4-11,13H,3,12H2,1-2H3. The van der Waals surface area contributed by atoms with Gasteiger partial charge in [0.2, 0.25) is 0 Å². The molecule has 110 valence electrons. The average molecular weight is 303 g/mol. The number of ketones is 1. The van der Waals surface area contributed by atoms with E-state index in [1.165, 1.54) is 5.56 Å². The van der Waals surface area contributed by atoms with Crippen LogP contribution in [-0.2, 0) is 17.8 Å². The fourth-order valence-corrected chi connectivity index (χ4v) is 2.28. The molecule has 0 aliphatic heterocycles. The van der Waals surface area contributed by atoms with E-state index in [9.17, 15) is 4.79 Å². The number of Topliss-reactive ketones (excluding diaryl/α,β-unsaturated/α-hetero) is 1. The van der Waals surface area contributed by atoms with Gasteiger partial charge in [0.25, 0.3) is 0 Å². The van der Waals surface area contributed by atoms with Gasteiger partial charge in [-0.05, 0) is 36.6 Å². The van der Waals surface area contributed by atoms with Gasteiger partial charge in [0.1, 0.15) is 6.10 Å². The summed E-state index contributed by atoms with van der Waals surface area (Å²) in [5.74, 6) is -0.000295. The second-order valence-corrected chi connectivity index (χ2v) is 5.43. The molecule has 0 spiro atoms. The average Bonchev–Trinajstić information content (AvgIpc) is 2.52. The van der Waals surface area contributed by atoms with E-state index in [1.54, 1.807) is 6.92 Å². The van der Waals surface area contributed by atoms with Gasteiger partial charge >= 0.3 is 0 Å². The van der Waals surface area contributed by atoms with Gasteiger partial charge in [-0.3, -0.25) is 4.79 Å². The molecule has 2 aromatic carbocycles. The zero-order valence-corrected chi connectivity index (χ0v) is 13.1. The molecule has 0 fully saturated rings. The predicted molar refractivity (Wildman–Crippen MR) is 85.9 cm³/mol. The van der Waals surface area contributed by atoms with Crippen molar-refractivity contribution in [3.63, 3.8) is 0 Å². The monoisotopic (exact) mass is 302 g/mol. The summed E-state index contributed by atoms with van der Waals surface area (Å²) in [6.07, 6.45) is 0.492. The number of rotatable bonds is 6. The molecule has 0 amide bonds. The van der Waals surface area contributed by atoms with Crippen molar-refractivity contribution in [2.45, 2.75) is 33.0 Å². The van der Waals surface area contributed by atoms with Crippen LogP contribution in [0.3, 0.4) is 0 Å². The maximum atomic E-state index is 12.3. The van der Waals surface area contributed by atoms with Gasteiger partial charge in [0.05, 0.1) is 6.61 Å². The molecule has 1 unspecified atom stereocenters. The lowest BCUT2D eigenvalue weighted by atomic mass is 10.0. The second-order valence-electron chi connectivity index (χ2n) is 5.00. The number of ether oxygens (including phenoxy) is 1. The third-order valence-corrected chi connectivity index (χ3v) is 3.64. The minimum absolute atomic E-state index is 0.000295. The van der Waals surface area contributed by atoms with E-state index in [4.69, 9.17) is 16.3 Å². The molecule has 0 radical (unpaired) electrons. The van der Waals surface area contributed by atoms with Crippen LogP contribution in [0.25, 0.3) is 0 Å². The van der Waals surface area contributed by atoms with Crippen molar-refractivity contribution < 1.29 is 9.53 Å². The van der Waals surface area contributed by atoms with E-state index >= 15 is 0 Å². The Bertz CT molecular complexity index is 605. The third kappa shape index (κ3) is 4.42. The lowest BCUT2D eigenvalue weighted by Gasteiger charge is -2.12. The maximum Gasteiger partial charge on any atom is 0.191 e. The van der Waals surface area contributed by atoms with Gasteiger partial charge in [0, 0.05) is 10.6 Å². The van der Waals surface area contributed by atoms with Gasteiger partial charge in [0.15, 0.2) is 5.78 Å². The fraction of sp³-hybridized carbons (Fsp3) is 0.278. The molecule has 0 saturated carbocycles. The van der Waals surface area contributed by atoms with Crippen molar-refractivity contribution in [3.8, 4) is 0 Å². The molecule has 3 heteroatoms. The third-order valence-electron chi connectivity index (χ3n) is 3.40. The lowest BCUT2D eigenvalue weighted by molar-refractivity contribution is 0.0412. The quantitative estimate of drug-likeness (QED) is 0.724. The Morgan fingerprint density at radius 3 is 2.48 bits per heavy atom. The topological polar surface area (TPSA) is 26.3 Å². The number of aryl methyl sites for hydroxylation is 1. The predicted octanol–water partition coefficient (Wildman–Crippen LogP) is 4.69. The van der Waals surface area contributed by atoms with E-state index in [2.05, 4.69) is 6.92 Å². The Balaban J connectivity index is 1.95. The Morgan fingerprint density at radius 1 is 1.14 bits per heavy atom. The van der Waals surface area contributed by atoms with Crippen molar-refractivity contribution in [2.24, 2.45) is 0 Å². The molecular formula is C18H19ClO2. The van der Waals surface area contributed by atoms with Crippen LogP contribution in [-0.4, -0.2) is 11.9 Å². The van der Waals surface area contributed by atoms with Crippen molar-refractivity contribution in [1.29, 1.82) is 0 Å². The molecule has 0 bridgehead atoms. The Hall–Kier alpha value is -1.64. The molecule has 0 aliphatic rings. The van der Waals surface area contributed by atoms with E-state index < -0.39 is 6.10 Å². The summed E-state index contributed by atoms with van der Waals surface area (Å²) in [4.78, 5) is 12.3. The summed E-state index contributed by atoms with van der Waals surface area (Å²) in [5.41, 5.74) is 2.87. The van der Waals surface area contributed by atoms with Crippen LogP contribution in [0.15, 0.2) is 48.5 Å². The Morgan fingerprint density at radius 2 is 1.86 bits per heavy atom. The minimum atomic E-state index is -0.476. The lowest BCUT2D eigenvalue weighted by Crippen LogP contribution is -2.20.